The highest BCUT2D eigenvalue weighted by Crippen LogP contribution is 2.35. The predicted octanol–water partition coefficient (Wildman–Crippen LogP) is 2.61. The van der Waals surface area contributed by atoms with Gasteiger partial charge in [0.1, 0.15) is 15.0 Å². The van der Waals surface area contributed by atoms with Gasteiger partial charge in [-0.15, -0.1) is 11.3 Å². The predicted molar refractivity (Wildman–Crippen MR) is 96.8 cm³/mol. The smallest absolute Gasteiger partial charge is 0.260 e. The fourth-order valence-electron chi connectivity index (χ4n) is 2.23. The number of carbonyl (C=O) groups excluding carboxylic acids is 2. The lowest BCUT2D eigenvalue weighted by molar-refractivity contribution is 0.100. The molecule has 2 aromatic heterocycles. The molecule has 11 heteroatoms. The van der Waals surface area contributed by atoms with Gasteiger partial charge in [0.05, 0.1) is 16.0 Å². The van der Waals surface area contributed by atoms with Gasteiger partial charge < -0.3 is 11.1 Å². The zero-order valence-electron chi connectivity index (χ0n) is 13.8. The Hall–Kier alpha value is -3.18. The van der Waals surface area contributed by atoms with Crippen molar-refractivity contribution >= 4 is 38.0 Å². The lowest BCUT2D eigenvalue weighted by atomic mass is 10.2. The Labute approximate surface area is 161 Å². The Morgan fingerprint density at radius 3 is 2.36 bits per heavy atom. The standard InChI is InChI=1S/C17H11F2N3O4S2/c18-9-3-5-10(6-4-9)28(25,26)13-8-12(15(20)23)17(27-13)22-16(24)11-2-1-7-21-14(11)19/h1-8H,(H2,20,23)(H,22,24). The number of nitrogens with one attached hydrogen (secondary N) is 1. The van der Waals surface area contributed by atoms with Crippen molar-refractivity contribution in [2.75, 3.05) is 5.32 Å². The third kappa shape index (κ3) is 3.75. The summed E-state index contributed by atoms with van der Waals surface area (Å²) in [6.07, 6.45) is 1.15. The fourth-order valence-corrected chi connectivity index (χ4v) is 5.00. The number of sulfone groups is 1. The summed E-state index contributed by atoms with van der Waals surface area (Å²) in [6.45, 7) is 0. The first-order valence-electron chi connectivity index (χ1n) is 7.56. The van der Waals surface area contributed by atoms with Crippen molar-refractivity contribution in [1.82, 2.24) is 4.98 Å². The van der Waals surface area contributed by atoms with E-state index in [-0.39, 0.29) is 19.7 Å². The van der Waals surface area contributed by atoms with E-state index in [1.54, 1.807) is 0 Å². The van der Waals surface area contributed by atoms with Gasteiger partial charge in [0.25, 0.3) is 11.8 Å². The van der Waals surface area contributed by atoms with Gasteiger partial charge in [-0.1, -0.05) is 0 Å². The summed E-state index contributed by atoms with van der Waals surface area (Å²) in [4.78, 5) is 27.1. The van der Waals surface area contributed by atoms with Crippen molar-refractivity contribution < 1.29 is 26.8 Å². The molecule has 0 aliphatic heterocycles. The number of hydrogen-bond donors (Lipinski definition) is 2. The highest BCUT2D eigenvalue weighted by molar-refractivity contribution is 7.93. The number of benzene rings is 1. The van der Waals surface area contributed by atoms with Crippen LogP contribution in [0.1, 0.15) is 20.7 Å². The van der Waals surface area contributed by atoms with E-state index in [1.807, 2.05) is 0 Å². The number of thiophene rings is 1. The van der Waals surface area contributed by atoms with Gasteiger partial charge in [0, 0.05) is 6.20 Å². The molecule has 0 atom stereocenters. The van der Waals surface area contributed by atoms with E-state index < -0.39 is 39.0 Å². The minimum Gasteiger partial charge on any atom is -0.366 e. The Morgan fingerprint density at radius 1 is 1.07 bits per heavy atom. The van der Waals surface area contributed by atoms with E-state index in [0.717, 1.165) is 36.5 Å². The topological polar surface area (TPSA) is 119 Å². The van der Waals surface area contributed by atoms with Gasteiger partial charge in [-0.3, -0.25) is 9.59 Å². The van der Waals surface area contributed by atoms with Crippen molar-refractivity contribution in [2.45, 2.75) is 9.10 Å². The molecule has 0 saturated carbocycles. The number of nitrogens with two attached hydrogens (primary N) is 1. The molecule has 1 aromatic carbocycles. The van der Waals surface area contributed by atoms with Gasteiger partial charge >= 0.3 is 0 Å². The molecule has 0 unspecified atom stereocenters. The third-order valence-corrected chi connectivity index (χ3v) is 6.89. The number of pyridine rings is 1. The second-order valence-corrected chi connectivity index (χ2v) is 8.65. The largest absolute Gasteiger partial charge is 0.366 e. The van der Waals surface area contributed by atoms with Crippen molar-refractivity contribution in [2.24, 2.45) is 5.73 Å². The summed E-state index contributed by atoms with van der Waals surface area (Å²) < 4.78 is 51.8. The Morgan fingerprint density at radius 2 is 1.75 bits per heavy atom. The van der Waals surface area contributed by atoms with Gasteiger partial charge in [-0.2, -0.15) is 4.39 Å². The molecule has 2 heterocycles. The summed E-state index contributed by atoms with van der Waals surface area (Å²) in [7, 11) is -4.09. The minimum absolute atomic E-state index is 0.165. The number of aromatic nitrogens is 1. The monoisotopic (exact) mass is 423 g/mol. The van der Waals surface area contributed by atoms with Gasteiger partial charge in [0.15, 0.2) is 0 Å². The second kappa shape index (κ2) is 7.44. The third-order valence-electron chi connectivity index (χ3n) is 3.59. The van der Waals surface area contributed by atoms with Crippen molar-refractivity contribution in [3.63, 3.8) is 0 Å². The first-order chi connectivity index (χ1) is 13.2. The van der Waals surface area contributed by atoms with E-state index >= 15 is 0 Å². The number of carbonyl (C=O) groups is 2. The number of amides is 2. The molecule has 7 nitrogen and oxygen atoms in total. The molecular weight excluding hydrogens is 412 g/mol. The van der Waals surface area contributed by atoms with Crippen LogP contribution in [0, 0.1) is 11.8 Å². The van der Waals surface area contributed by atoms with Crippen molar-refractivity contribution in [3.8, 4) is 0 Å². The van der Waals surface area contributed by atoms with Crippen LogP contribution in [-0.2, 0) is 9.84 Å². The number of halogens is 2. The van der Waals surface area contributed by atoms with Crippen LogP contribution in [0.5, 0.6) is 0 Å². The lowest BCUT2D eigenvalue weighted by Crippen LogP contribution is -2.17. The van der Waals surface area contributed by atoms with Crippen LogP contribution in [0.2, 0.25) is 0 Å². The molecule has 0 fully saturated rings. The summed E-state index contributed by atoms with van der Waals surface area (Å²) in [6, 6.07) is 7.60. The number of rotatable bonds is 5. The maximum Gasteiger partial charge on any atom is 0.260 e. The number of nitrogens with zero attached hydrogens (tertiary/aromatic N) is 1. The first-order valence-corrected chi connectivity index (χ1v) is 9.86. The summed E-state index contributed by atoms with van der Waals surface area (Å²) in [5.74, 6) is -3.56. The highest BCUT2D eigenvalue weighted by Gasteiger charge is 2.26. The molecule has 0 spiro atoms. The summed E-state index contributed by atoms with van der Waals surface area (Å²) in [5, 5.41) is 2.11. The zero-order valence-corrected chi connectivity index (χ0v) is 15.5. The molecule has 28 heavy (non-hydrogen) atoms. The van der Waals surface area contributed by atoms with E-state index in [2.05, 4.69) is 10.3 Å². The van der Waals surface area contributed by atoms with Crippen LogP contribution in [0.25, 0.3) is 0 Å². The number of anilines is 1. The van der Waals surface area contributed by atoms with Crippen molar-refractivity contribution in [1.29, 1.82) is 0 Å². The van der Waals surface area contributed by atoms with Crippen LogP contribution < -0.4 is 11.1 Å². The molecule has 0 saturated heterocycles. The Balaban J connectivity index is 2.01. The quantitative estimate of drug-likeness (QED) is 0.483. The molecule has 144 valence electrons. The SMILES string of the molecule is NC(=O)c1cc(S(=O)(=O)c2ccc(F)cc2)sc1NC(=O)c1cccnc1F. The minimum atomic E-state index is -4.09. The normalized spacial score (nSPS) is 11.2. The lowest BCUT2D eigenvalue weighted by Gasteiger charge is -2.04. The second-order valence-electron chi connectivity index (χ2n) is 5.43. The highest BCUT2D eigenvalue weighted by atomic mass is 32.2. The van der Waals surface area contributed by atoms with E-state index in [9.17, 15) is 26.8 Å². The van der Waals surface area contributed by atoms with Gasteiger partial charge in [-0.25, -0.2) is 17.8 Å². The Bertz CT molecular complexity index is 1180. The molecule has 3 rings (SSSR count). The summed E-state index contributed by atoms with van der Waals surface area (Å²) >= 11 is 0.565. The molecule has 3 N–H and O–H groups in total. The average Bonchev–Trinajstić information content (AvgIpc) is 3.07. The van der Waals surface area contributed by atoms with E-state index in [0.29, 0.717) is 11.3 Å². The average molecular weight is 423 g/mol. The Kier molecular flexibility index (Phi) is 5.21. The van der Waals surface area contributed by atoms with Crippen LogP contribution in [-0.4, -0.2) is 25.2 Å². The molecule has 0 aliphatic rings. The van der Waals surface area contributed by atoms with Gasteiger partial charge in [0.2, 0.25) is 15.8 Å². The van der Waals surface area contributed by atoms with Gasteiger partial charge in [-0.05, 0) is 42.5 Å². The molecule has 3 aromatic rings. The summed E-state index contributed by atoms with van der Waals surface area (Å²) in [5.41, 5.74) is 4.60. The molecular formula is C17H11F2N3O4S2. The van der Waals surface area contributed by atoms with Crippen LogP contribution in [0.15, 0.2) is 57.8 Å². The van der Waals surface area contributed by atoms with E-state index in [1.165, 1.54) is 12.1 Å². The van der Waals surface area contributed by atoms with Crippen LogP contribution in [0.4, 0.5) is 13.8 Å². The van der Waals surface area contributed by atoms with Crippen LogP contribution >= 0.6 is 11.3 Å². The fraction of sp³-hybridized carbons (Fsp3) is 0. The van der Waals surface area contributed by atoms with E-state index in [4.69, 9.17) is 5.73 Å². The maximum absolute atomic E-state index is 13.7. The van der Waals surface area contributed by atoms with Crippen molar-refractivity contribution in [3.05, 3.63) is 71.6 Å². The molecule has 0 radical (unpaired) electrons. The zero-order chi connectivity index (χ0) is 20.5. The maximum atomic E-state index is 13.7. The first kappa shape index (κ1) is 19.6. The molecule has 0 aliphatic carbocycles. The molecule has 0 bridgehead atoms. The number of hydrogen-bond acceptors (Lipinski definition) is 6. The van der Waals surface area contributed by atoms with Crippen LogP contribution in [0.3, 0.4) is 0 Å². The number of primary amides is 1. The molecule has 2 amide bonds.